The zero-order chi connectivity index (χ0) is 11.8. The molecular weight excluding hydrogens is 214 g/mol. The average molecular weight is 231 g/mol. The minimum atomic E-state index is 0.490. The molecule has 0 spiro atoms. The lowest BCUT2D eigenvalue weighted by Crippen LogP contribution is -2.54. The number of rotatable bonds is 1. The Hall–Kier alpha value is -1.62. The Morgan fingerprint density at radius 3 is 2.76 bits per heavy atom. The molecule has 1 aliphatic heterocycles. The SMILES string of the molecule is CC1CN(c2nccn3nccc23)CC(C)N1. The normalized spacial score (nSPS) is 25.4. The average Bonchev–Trinajstić information content (AvgIpc) is 2.75. The quantitative estimate of drug-likeness (QED) is 0.792. The Bertz CT molecular complexity index is 510. The van der Waals surface area contributed by atoms with Crippen LogP contribution in [0.15, 0.2) is 24.7 Å². The van der Waals surface area contributed by atoms with Crippen LogP contribution >= 0.6 is 0 Å². The molecule has 5 nitrogen and oxygen atoms in total. The Kier molecular flexibility index (Phi) is 2.48. The van der Waals surface area contributed by atoms with Crippen LogP contribution in [0.25, 0.3) is 5.52 Å². The molecule has 2 unspecified atom stereocenters. The highest BCUT2D eigenvalue weighted by Crippen LogP contribution is 2.20. The van der Waals surface area contributed by atoms with Gasteiger partial charge in [-0.25, -0.2) is 9.50 Å². The summed E-state index contributed by atoms with van der Waals surface area (Å²) in [6.45, 7) is 6.39. The lowest BCUT2D eigenvalue weighted by molar-refractivity contribution is 0.405. The van der Waals surface area contributed by atoms with Gasteiger partial charge in [0, 0.05) is 37.6 Å². The van der Waals surface area contributed by atoms with Crippen molar-refractivity contribution in [1.29, 1.82) is 0 Å². The van der Waals surface area contributed by atoms with Crippen LogP contribution < -0.4 is 10.2 Å². The van der Waals surface area contributed by atoms with Crippen LogP contribution in [0.5, 0.6) is 0 Å². The van der Waals surface area contributed by atoms with Crippen molar-refractivity contribution in [2.45, 2.75) is 25.9 Å². The monoisotopic (exact) mass is 231 g/mol. The Morgan fingerprint density at radius 1 is 1.24 bits per heavy atom. The summed E-state index contributed by atoms with van der Waals surface area (Å²) in [4.78, 5) is 6.85. The highest BCUT2D eigenvalue weighted by Gasteiger charge is 2.23. The van der Waals surface area contributed by atoms with E-state index in [1.165, 1.54) is 0 Å². The summed E-state index contributed by atoms with van der Waals surface area (Å²) in [6.07, 6.45) is 5.51. The molecule has 2 atom stereocenters. The van der Waals surface area contributed by atoms with Crippen molar-refractivity contribution in [1.82, 2.24) is 19.9 Å². The summed E-state index contributed by atoms with van der Waals surface area (Å²) >= 11 is 0. The van der Waals surface area contributed by atoms with Crippen LogP contribution in [0.4, 0.5) is 5.82 Å². The Balaban J connectivity index is 2.00. The lowest BCUT2D eigenvalue weighted by atomic mass is 10.1. The molecule has 5 heteroatoms. The predicted octanol–water partition coefficient (Wildman–Crippen LogP) is 0.916. The first-order valence-corrected chi connectivity index (χ1v) is 6.03. The van der Waals surface area contributed by atoms with Gasteiger partial charge in [-0.05, 0) is 19.9 Å². The molecule has 0 amide bonds. The molecule has 2 aromatic rings. The van der Waals surface area contributed by atoms with E-state index in [0.29, 0.717) is 12.1 Å². The fourth-order valence-electron chi connectivity index (χ4n) is 2.59. The molecule has 0 aromatic carbocycles. The molecule has 0 saturated carbocycles. The largest absolute Gasteiger partial charge is 0.352 e. The van der Waals surface area contributed by atoms with Crippen LogP contribution in [0.1, 0.15) is 13.8 Å². The van der Waals surface area contributed by atoms with Crippen LogP contribution in [0, 0.1) is 0 Å². The molecule has 1 fully saturated rings. The minimum Gasteiger partial charge on any atom is -0.352 e. The third-order valence-corrected chi connectivity index (χ3v) is 3.16. The van der Waals surface area contributed by atoms with Gasteiger partial charge in [-0.15, -0.1) is 0 Å². The van der Waals surface area contributed by atoms with E-state index in [-0.39, 0.29) is 0 Å². The van der Waals surface area contributed by atoms with Crippen LogP contribution in [-0.2, 0) is 0 Å². The van der Waals surface area contributed by atoms with Crippen LogP contribution in [0.3, 0.4) is 0 Å². The molecule has 3 heterocycles. The third-order valence-electron chi connectivity index (χ3n) is 3.16. The fraction of sp³-hybridized carbons (Fsp3) is 0.500. The van der Waals surface area contributed by atoms with Crippen molar-refractivity contribution in [2.24, 2.45) is 0 Å². The summed E-state index contributed by atoms with van der Waals surface area (Å²) in [5, 5.41) is 7.78. The number of anilines is 1. The van der Waals surface area contributed by atoms with Crippen molar-refractivity contribution in [3.8, 4) is 0 Å². The maximum atomic E-state index is 4.51. The van der Waals surface area contributed by atoms with Crippen molar-refractivity contribution in [2.75, 3.05) is 18.0 Å². The van der Waals surface area contributed by atoms with Crippen LogP contribution in [0.2, 0.25) is 0 Å². The highest BCUT2D eigenvalue weighted by molar-refractivity contribution is 5.68. The Morgan fingerprint density at radius 2 is 2.00 bits per heavy atom. The number of hydrogen-bond donors (Lipinski definition) is 1. The first-order valence-electron chi connectivity index (χ1n) is 6.03. The smallest absolute Gasteiger partial charge is 0.154 e. The maximum Gasteiger partial charge on any atom is 0.154 e. The van der Waals surface area contributed by atoms with E-state index in [0.717, 1.165) is 24.4 Å². The van der Waals surface area contributed by atoms with Gasteiger partial charge in [0.2, 0.25) is 0 Å². The number of hydrogen-bond acceptors (Lipinski definition) is 4. The van der Waals surface area contributed by atoms with Gasteiger partial charge in [0.05, 0.1) is 6.20 Å². The third kappa shape index (κ3) is 1.86. The van der Waals surface area contributed by atoms with Gasteiger partial charge < -0.3 is 10.2 Å². The molecule has 1 N–H and O–H groups in total. The second-order valence-corrected chi connectivity index (χ2v) is 4.79. The maximum absolute atomic E-state index is 4.51. The van der Waals surface area contributed by atoms with E-state index >= 15 is 0 Å². The number of nitrogens with one attached hydrogen (secondary N) is 1. The Labute approximate surface area is 100 Å². The van der Waals surface area contributed by atoms with Gasteiger partial charge in [0.25, 0.3) is 0 Å². The van der Waals surface area contributed by atoms with Gasteiger partial charge in [-0.3, -0.25) is 0 Å². The molecule has 90 valence electrons. The van der Waals surface area contributed by atoms with Crippen molar-refractivity contribution in [3.05, 3.63) is 24.7 Å². The summed E-state index contributed by atoms with van der Waals surface area (Å²) in [5.41, 5.74) is 1.08. The van der Waals surface area contributed by atoms with Crippen LogP contribution in [-0.4, -0.2) is 39.8 Å². The second-order valence-electron chi connectivity index (χ2n) is 4.79. The minimum absolute atomic E-state index is 0.490. The fourth-order valence-corrected chi connectivity index (χ4v) is 2.59. The first-order chi connectivity index (χ1) is 8.24. The van der Waals surface area contributed by atoms with E-state index in [1.54, 1.807) is 0 Å². The van der Waals surface area contributed by atoms with Crippen molar-refractivity contribution < 1.29 is 0 Å². The summed E-state index contributed by atoms with van der Waals surface area (Å²) in [7, 11) is 0. The molecule has 1 aliphatic rings. The standard InChI is InChI=1S/C12H17N5/c1-9-7-16(8-10(2)15-9)12-11-3-4-14-17(11)6-5-13-12/h3-6,9-10,15H,7-8H2,1-2H3. The molecule has 0 radical (unpaired) electrons. The summed E-state index contributed by atoms with van der Waals surface area (Å²) < 4.78 is 1.87. The lowest BCUT2D eigenvalue weighted by Gasteiger charge is -2.37. The summed E-state index contributed by atoms with van der Waals surface area (Å²) in [6, 6.07) is 2.99. The number of piperazine rings is 1. The molecule has 17 heavy (non-hydrogen) atoms. The van der Waals surface area contributed by atoms with Gasteiger partial charge in [-0.1, -0.05) is 0 Å². The number of fused-ring (bicyclic) bond motifs is 1. The number of nitrogens with zero attached hydrogens (tertiary/aromatic N) is 4. The van der Waals surface area contributed by atoms with Gasteiger partial charge in [-0.2, -0.15) is 5.10 Å². The van der Waals surface area contributed by atoms with E-state index in [4.69, 9.17) is 0 Å². The number of aromatic nitrogens is 3. The van der Waals surface area contributed by atoms with E-state index in [1.807, 2.05) is 29.2 Å². The highest BCUT2D eigenvalue weighted by atomic mass is 15.3. The van der Waals surface area contributed by atoms with E-state index in [2.05, 4.69) is 34.1 Å². The zero-order valence-electron chi connectivity index (χ0n) is 10.2. The molecule has 0 aliphatic carbocycles. The molecule has 3 rings (SSSR count). The molecular formula is C12H17N5. The van der Waals surface area contributed by atoms with Gasteiger partial charge >= 0.3 is 0 Å². The summed E-state index contributed by atoms with van der Waals surface area (Å²) in [5.74, 6) is 1.03. The van der Waals surface area contributed by atoms with E-state index < -0.39 is 0 Å². The van der Waals surface area contributed by atoms with Crippen molar-refractivity contribution in [3.63, 3.8) is 0 Å². The zero-order valence-corrected chi connectivity index (χ0v) is 10.2. The topological polar surface area (TPSA) is 45.5 Å². The second kappa shape index (κ2) is 4.00. The molecule has 1 saturated heterocycles. The van der Waals surface area contributed by atoms with E-state index in [9.17, 15) is 0 Å². The molecule has 0 bridgehead atoms. The van der Waals surface area contributed by atoms with Crippen molar-refractivity contribution >= 4 is 11.3 Å². The molecule has 2 aromatic heterocycles. The predicted molar refractivity (Wildman–Crippen MR) is 67.3 cm³/mol. The first kappa shape index (κ1) is 10.5. The van der Waals surface area contributed by atoms with Gasteiger partial charge in [0.1, 0.15) is 5.52 Å². The van der Waals surface area contributed by atoms with Gasteiger partial charge in [0.15, 0.2) is 5.82 Å².